The molecule has 0 fully saturated rings. The molecule has 0 saturated carbocycles. The minimum absolute atomic E-state index is 0.706. The zero-order valence-electron chi connectivity index (χ0n) is 11.1. The molecule has 4 heteroatoms. The first-order valence-corrected chi connectivity index (χ1v) is 6.68. The normalized spacial score (nSPS) is 10.7. The van der Waals surface area contributed by atoms with Crippen molar-refractivity contribution in [3.05, 3.63) is 59.9 Å². The molecule has 100 valence electrons. The Morgan fingerprint density at radius 2 is 2.15 bits per heavy atom. The van der Waals surface area contributed by atoms with Gasteiger partial charge < -0.3 is 5.43 Å². The summed E-state index contributed by atoms with van der Waals surface area (Å²) in [7, 11) is 1.86. The molecule has 1 N–H and O–H groups in total. The van der Waals surface area contributed by atoms with Crippen LogP contribution in [0.4, 0.5) is 0 Å². The van der Waals surface area contributed by atoms with Crippen LogP contribution in [0.1, 0.15) is 5.56 Å². The summed E-state index contributed by atoms with van der Waals surface area (Å²) in [6, 6.07) is 9.85. The van der Waals surface area contributed by atoms with Crippen molar-refractivity contribution in [3.8, 4) is 11.3 Å². The van der Waals surface area contributed by atoms with Gasteiger partial charge in [-0.2, -0.15) is 0 Å². The van der Waals surface area contributed by atoms with Gasteiger partial charge in [0.1, 0.15) is 0 Å². The second-order valence-corrected chi connectivity index (χ2v) is 4.91. The molecule has 0 bridgehead atoms. The summed E-state index contributed by atoms with van der Waals surface area (Å²) in [5.41, 5.74) is 6.82. The number of fused-ring (bicyclic) bond motifs is 1. The van der Waals surface area contributed by atoms with E-state index in [0.717, 1.165) is 27.7 Å². The van der Waals surface area contributed by atoms with Crippen molar-refractivity contribution in [1.29, 1.82) is 0 Å². The number of nitrogens with one attached hydrogen (secondary N) is 1. The van der Waals surface area contributed by atoms with Crippen molar-refractivity contribution in [1.82, 2.24) is 9.66 Å². The first kappa shape index (κ1) is 12.8. The summed E-state index contributed by atoms with van der Waals surface area (Å²) in [5.74, 6) is 0. The van der Waals surface area contributed by atoms with Gasteiger partial charge in [0.15, 0.2) is 0 Å². The smallest absolute Gasteiger partial charge is 0.0740 e. The Morgan fingerprint density at radius 1 is 1.30 bits per heavy atom. The Kier molecular flexibility index (Phi) is 3.20. The van der Waals surface area contributed by atoms with E-state index in [4.69, 9.17) is 11.6 Å². The fourth-order valence-corrected chi connectivity index (χ4v) is 2.43. The van der Waals surface area contributed by atoms with Crippen molar-refractivity contribution >= 4 is 28.6 Å². The van der Waals surface area contributed by atoms with E-state index in [2.05, 4.69) is 17.0 Å². The molecule has 0 unspecified atom stereocenters. The second-order valence-electron chi connectivity index (χ2n) is 4.50. The fraction of sp³-hybridized carbons (Fsp3) is 0.0625. The van der Waals surface area contributed by atoms with Crippen molar-refractivity contribution in [3.63, 3.8) is 0 Å². The highest BCUT2D eigenvalue weighted by Gasteiger charge is 2.07. The predicted molar refractivity (Wildman–Crippen MR) is 85.6 cm³/mol. The van der Waals surface area contributed by atoms with Crippen LogP contribution in [0, 0.1) is 0 Å². The lowest BCUT2D eigenvalue weighted by atomic mass is 10.1. The Hall–Kier alpha value is -2.26. The Bertz CT molecular complexity index is 790. The van der Waals surface area contributed by atoms with Gasteiger partial charge in [0.25, 0.3) is 0 Å². The molecule has 0 saturated heterocycles. The summed E-state index contributed by atoms with van der Waals surface area (Å²) in [5, 5.41) is 1.66. The minimum Gasteiger partial charge on any atom is -0.330 e. The van der Waals surface area contributed by atoms with Crippen LogP contribution < -0.4 is 5.43 Å². The van der Waals surface area contributed by atoms with Gasteiger partial charge in [-0.3, -0.25) is 4.68 Å². The van der Waals surface area contributed by atoms with Crippen LogP contribution in [-0.4, -0.2) is 16.7 Å². The molecule has 0 amide bonds. The van der Waals surface area contributed by atoms with E-state index < -0.39 is 0 Å². The summed E-state index contributed by atoms with van der Waals surface area (Å²) in [6.45, 7) is 3.78. The van der Waals surface area contributed by atoms with Gasteiger partial charge in [-0.1, -0.05) is 36.4 Å². The molecule has 0 aliphatic carbocycles. The molecule has 0 aliphatic heterocycles. The maximum absolute atomic E-state index is 6.36. The summed E-state index contributed by atoms with van der Waals surface area (Å²) in [6.07, 6.45) is 5.72. The monoisotopic (exact) mass is 283 g/mol. The van der Waals surface area contributed by atoms with E-state index in [1.165, 1.54) is 0 Å². The van der Waals surface area contributed by atoms with E-state index in [0.29, 0.717) is 5.02 Å². The molecule has 2 heterocycles. The third-order valence-corrected chi connectivity index (χ3v) is 3.58. The largest absolute Gasteiger partial charge is 0.330 e. The molecule has 0 radical (unpaired) electrons. The van der Waals surface area contributed by atoms with Gasteiger partial charge in [0.05, 0.1) is 16.2 Å². The molecule has 3 rings (SSSR count). The molecule has 3 nitrogen and oxygen atoms in total. The van der Waals surface area contributed by atoms with Crippen molar-refractivity contribution in [2.75, 3.05) is 12.5 Å². The summed E-state index contributed by atoms with van der Waals surface area (Å²) >= 11 is 6.36. The molecular weight excluding hydrogens is 270 g/mol. The SMILES string of the molecule is C=Cc1ccc2c(Cl)cc(-c3ccn(NC)c3)nc2c1. The number of rotatable bonds is 3. The lowest BCUT2D eigenvalue weighted by Crippen LogP contribution is -2.04. The lowest BCUT2D eigenvalue weighted by molar-refractivity contribution is 0.938. The highest BCUT2D eigenvalue weighted by atomic mass is 35.5. The van der Waals surface area contributed by atoms with Crippen LogP contribution in [0.3, 0.4) is 0 Å². The molecule has 3 aromatic rings. The molecular formula is C16H14ClN3. The van der Waals surface area contributed by atoms with Gasteiger partial charge in [-0.25, -0.2) is 4.98 Å². The van der Waals surface area contributed by atoms with E-state index in [1.54, 1.807) is 6.08 Å². The van der Waals surface area contributed by atoms with Crippen LogP contribution >= 0.6 is 11.6 Å². The van der Waals surface area contributed by atoms with Gasteiger partial charge >= 0.3 is 0 Å². The predicted octanol–water partition coefficient (Wildman–Crippen LogP) is 4.17. The number of benzene rings is 1. The summed E-state index contributed by atoms with van der Waals surface area (Å²) < 4.78 is 1.87. The Labute approximate surface area is 122 Å². The maximum Gasteiger partial charge on any atom is 0.0740 e. The van der Waals surface area contributed by atoms with Crippen LogP contribution in [0.5, 0.6) is 0 Å². The van der Waals surface area contributed by atoms with E-state index in [9.17, 15) is 0 Å². The Morgan fingerprint density at radius 3 is 2.85 bits per heavy atom. The van der Waals surface area contributed by atoms with Crippen LogP contribution in [0.15, 0.2) is 49.3 Å². The number of halogens is 1. The van der Waals surface area contributed by atoms with Crippen LogP contribution in [0.2, 0.25) is 5.02 Å². The Balaban J connectivity index is 2.18. The second kappa shape index (κ2) is 5.02. The molecule has 20 heavy (non-hydrogen) atoms. The molecule has 2 aromatic heterocycles. The molecule has 0 atom stereocenters. The standard InChI is InChI=1S/C16H14ClN3/c1-3-11-4-5-13-14(17)9-15(19-16(13)8-11)12-6-7-20(10-12)18-2/h3-10,18H,1H2,2H3. The van der Waals surface area contributed by atoms with E-state index >= 15 is 0 Å². The third-order valence-electron chi connectivity index (χ3n) is 3.27. The van der Waals surface area contributed by atoms with Crippen molar-refractivity contribution < 1.29 is 0 Å². The average molecular weight is 284 g/mol. The highest BCUT2D eigenvalue weighted by molar-refractivity contribution is 6.35. The zero-order valence-corrected chi connectivity index (χ0v) is 11.9. The molecule has 0 aliphatic rings. The number of aromatic nitrogens is 2. The maximum atomic E-state index is 6.36. The van der Waals surface area contributed by atoms with Crippen LogP contribution in [0.25, 0.3) is 28.2 Å². The zero-order chi connectivity index (χ0) is 14.1. The fourth-order valence-electron chi connectivity index (χ4n) is 2.16. The molecule has 1 aromatic carbocycles. The number of pyridine rings is 1. The average Bonchev–Trinajstić information content (AvgIpc) is 2.95. The quantitative estimate of drug-likeness (QED) is 0.782. The minimum atomic E-state index is 0.706. The third kappa shape index (κ3) is 2.17. The first-order chi connectivity index (χ1) is 9.71. The van der Waals surface area contributed by atoms with E-state index in [1.807, 2.05) is 54.4 Å². The summed E-state index contributed by atoms with van der Waals surface area (Å²) in [4.78, 5) is 4.69. The van der Waals surface area contributed by atoms with Gasteiger partial charge in [-0.15, -0.1) is 0 Å². The van der Waals surface area contributed by atoms with E-state index in [-0.39, 0.29) is 0 Å². The first-order valence-electron chi connectivity index (χ1n) is 6.30. The van der Waals surface area contributed by atoms with Gasteiger partial charge in [-0.05, 0) is 23.8 Å². The topological polar surface area (TPSA) is 29.9 Å². The van der Waals surface area contributed by atoms with Gasteiger partial charge in [0.2, 0.25) is 0 Å². The van der Waals surface area contributed by atoms with Crippen LogP contribution in [-0.2, 0) is 0 Å². The lowest BCUT2D eigenvalue weighted by Gasteiger charge is -2.05. The number of nitrogens with zero attached hydrogens (tertiary/aromatic N) is 2. The number of hydrogen-bond acceptors (Lipinski definition) is 2. The molecule has 0 spiro atoms. The van der Waals surface area contributed by atoms with Crippen molar-refractivity contribution in [2.45, 2.75) is 0 Å². The van der Waals surface area contributed by atoms with Gasteiger partial charge in [0, 0.05) is 30.4 Å². The number of hydrogen-bond donors (Lipinski definition) is 1. The van der Waals surface area contributed by atoms with Crippen molar-refractivity contribution in [2.24, 2.45) is 0 Å². The highest BCUT2D eigenvalue weighted by Crippen LogP contribution is 2.28.